The quantitative estimate of drug-likeness (QED) is 0.833. The summed E-state index contributed by atoms with van der Waals surface area (Å²) in [5.41, 5.74) is 1.90. The van der Waals surface area contributed by atoms with Crippen LogP contribution in [0.3, 0.4) is 0 Å². The molecule has 0 radical (unpaired) electrons. The molecule has 4 nitrogen and oxygen atoms in total. The minimum atomic E-state index is -0.0146. The topological polar surface area (TPSA) is 54.0 Å². The highest BCUT2D eigenvalue weighted by Gasteiger charge is 2.06. The van der Waals surface area contributed by atoms with Crippen LogP contribution in [0.1, 0.15) is 25.8 Å². The lowest BCUT2D eigenvalue weighted by Gasteiger charge is -2.09. The number of carbonyl (C=O) groups is 1. The van der Waals surface area contributed by atoms with Crippen molar-refractivity contribution in [3.8, 4) is 0 Å². The molecular formula is C17H20ClN3O. The van der Waals surface area contributed by atoms with E-state index in [4.69, 9.17) is 11.6 Å². The zero-order valence-corrected chi connectivity index (χ0v) is 13.5. The fraction of sp³-hybridized carbons (Fsp3) is 0.294. The van der Waals surface area contributed by atoms with Gasteiger partial charge in [-0.3, -0.25) is 4.79 Å². The molecule has 0 saturated heterocycles. The maximum atomic E-state index is 11.7. The fourth-order valence-corrected chi connectivity index (χ4v) is 2.18. The number of pyridine rings is 1. The van der Waals surface area contributed by atoms with Gasteiger partial charge in [-0.25, -0.2) is 4.98 Å². The fourth-order valence-electron chi connectivity index (χ4n) is 1.98. The van der Waals surface area contributed by atoms with Gasteiger partial charge in [0.05, 0.1) is 11.9 Å². The second kappa shape index (κ2) is 7.80. The van der Waals surface area contributed by atoms with Crippen LogP contribution in [0.15, 0.2) is 42.6 Å². The average Bonchev–Trinajstić information content (AvgIpc) is 2.47. The Labute approximate surface area is 135 Å². The predicted octanol–water partition coefficient (Wildman–Crippen LogP) is 4.33. The van der Waals surface area contributed by atoms with Crippen molar-refractivity contribution in [3.05, 3.63) is 53.2 Å². The van der Waals surface area contributed by atoms with E-state index >= 15 is 0 Å². The molecule has 1 aromatic carbocycles. The van der Waals surface area contributed by atoms with Crippen molar-refractivity contribution < 1.29 is 4.79 Å². The number of carbonyl (C=O) groups excluding carboxylic acids is 1. The zero-order chi connectivity index (χ0) is 15.9. The summed E-state index contributed by atoms with van der Waals surface area (Å²) in [5.74, 6) is 0.879. The number of nitrogens with zero attached hydrogens (tertiary/aromatic N) is 1. The molecule has 0 aliphatic carbocycles. The molecule has 0 bridgehead atoms. The highest BCUT2D eigenvalue weighted by molar-refractivity contribution is 6.31. The van der Waals surface area contributed by atoms with Gasteiger partial charge < -0.3 is 10.6 Å². The molecule has 0 aliphatic rings. The third-order valence-corrected chi connectivity index (χ3v) is 3.43. The number of amides is 1. The summed E-state index contributed by atoms with van der Waals surface area (Å²) in [6.45, 7) is 4.64. The first-order chi connectivity index (χ1) is 10.5. The molecule has 0 saturated carbocycles. The standard InChI is InChI=1S/C17H20ClN3O/c1-12(2)9-17(22)21-16-8-7-14(11-20-16)19-10-13-5-3-4-6-15(13)18/h3-8,11-12,19H,9-10H2,1-2H3,(H,20,21,22). The van der Waals surface area contributed by atoms with E-state index in [1.165, 1.54) is 0 Å². The summed E-state index contributed by atoms with van der Waals surface area (Å²) in [5, 5.41) is 6.78. The first kappa shape index (κ1) is 16.3. The number of nitrogens with one attached hydrogen (secondary N) is 2. The lowest BCUT2D eigenvalue weighted by atomic mass is 10.1. The van der Waals surface area contributed by atoms with Gasteiger partial charge in [-0.05, 0) is 29.7 Å². The molecule has 2 rings (SSSR count). The Hall–Kier alpha value is -2.07. The van der Waals surface area contributed by atoms with Gasteiger partial charge in [-0.1, -0.05) is 43.6 Å². The number of rotatable bonds is 6. The lowest BCUT2D eigenvalue weighted by Crippen LogP contribution is -2.14. The van der Waals surface area contributed by atoms with Gasteiger partial charge >= 0.3 is 0 Å². The third-order valence-electron chi connectivity index (χ3n) is 3.07. The molecule has 0 fully saturated rings. The molecule has 2 N–H and O–H groups in total. The Morgan fingerprint density at radius 3 is 2.64 bits per heavy atom. The van der Waals surface area contributed by atoms with Crippen molar-refractivity contribution in [3.63, 3.8) is 0 Å². The number of aromatic nitrogens is 1. The molecule has 116 valence electrons. The number of hydrogen-bond acceptors (Lipinski definition) is 3. The van der Waals surface area contributed by atoms with Crippen molar-refractivity contribution in [1.82, 2.24) is 4.98 Å². The van der Waals surface area contributed by atoms with Crippen LogP contribution in [0.4, 0.5) is 11.5 Å². The van der Waals surface area contributed by atoms with E-state index in [1.807, 2.05) is 44.2 Å². The van der Waals surface area contributed by atoms with Gasteiger partial charge in [0.1, 0.15) is 5.82 Å². The van der Waals surface area contributed by atoms with E-state index in [2.05, 4.69) is 15.6 Å². The van der Waals surface area contributed by atoms with Gasteiger partial charge in [0, 0.05) is 18.0 Å². The van der Waals surface area contributed by atoms with Gasteiger partial charge in [0.25, 0.3) is 0 Å². The minimum Gasteiger partial charge on any atom is -0.380 e. The Morgan fingerprint density at radius 2 is 2.00 bits per heavy atom. The molecule has 1 amide bonds. The lowest BCUT2D eigenvalue weighted by molar-refractivity contribution is -0.116. The van der Waals surface area contributed by atoms with Crippen LogP contribution in [0, 0.1) is 5.92 Å². The predicted molar refractivity (Wildman–Crippen MR) is 91.1 cm³/mol. The van der Waals surface area contributed by atoms with E-state index < -0.39 is 0 Å². The Morgan fingerprint density at radius 1 is 1.23 bits per heavy atom. The summed E-state index contributed by atoms with van der Waals surface area (Å²) in [6.07, 6.45) is 2.19. The molecule has 0 unspecified atom stereocenters. The van der Waals surface area contributed by atoms with E-state index in [-0.39, 0.29) is 5.91 Å². The summed E-state index contributed by atoms with van der Waals surface area (Å²) >= 11 is 6.11. The van der Waals surface area contributed by atoms with Gasteiger partial charge in [-0.2, -0.15) is 0 Å². The second-order valence-corrected chi connectivity index (χ2v) is 5.93. The molecule has 1 heterocycles. The highest BCUT2D eigenvalue weighted by Crippen LogP contribution is 2.17. The van der Waals surface area contributed by atoms with Crippen LogP contribution in [0.5, 0.6) is 0 Å². The van der Waals surface area contributed by atoms with E-state index in [0.717, 1.165) is 16.3 Å². The molecule has 1 aromatic heterocycles. The SMILES string of the molecule is CC(C)CC(=O)Nc1ccc(NCc2ccccc2Cl)cn1. The van der Waals surface area contributed by atoms with Crippen LogP contribution in [0.2, 0.25) is 5.02 Å². The summed E-state index contributed by atoms with van der Waals surface area (Å²) in [4.78, 5) is 15.9. The maximum Gasteiger partial charge on any atom is 0.225 e. The number of halogens is 1. The van der Waals surface area contributed by atoms with Gasteiger partial charge in [0.15, 0.2) is 0 Å². The van der Waals surface area contributed by atoms with Crippen LogP contribution in [-0.4, -0.2) is 10.9 Å². The number of anilines is 2. The zero-order valence-electron chi connectivity index (χ0n) is 12.8. The van der Waals surface area contributed by atoms with E-state index in [9.17, 15) is 4.79 Å². The van der Waals surface area contributed by atoms with Crippen molar-refractivity contribution in [1.29, 1.82) is 0 Å². The maximum absolute atomic E-state index is 11.7. The molecular weight excluding hydrogens is 298 g/mol. The smallest absolute Gasteiger partial charge is 0.225 e. The molecule has 0 spiro atoms. The van der Waals surface area contributed by atoms with Crippen molar-refractivity contribution in [2.75, 3.05) is 10.6 Å². The van der Waals surface area contributed by atoms with Gasteiger partial charge in [-0.15, -0.1) is 0 Å². The summed E-state index contributed by atoms with van der Waals surface area (Å²) < 4.78 is 0. The largest absolute Gasteiger partial charge is 0.380 e. The normalized spacial score (nSPS) is 10.5. The second-order valence-electron chi connectivity index (χ2n) is 5.52. The van der Waals surface area contributed by atoms with Crippen molar-refractivity contribution in [2.24, 2.45) is 5.92 Å². The molecule has 2 aromatic rings. The molecule has 22 heavy (non-hydrogen) atoms. The molecule has 5 heteroatoms. The first-order valence-corrected chi connectivity index (χ1v) is 7.65. The minimum absolute atomic E-state index is 0.0146. The Balaban J connectivity index is 1.89. The van der Waals surface area contributed by atoms with E-state index in [0.29, 0.717) is 24.7 Å². The van der Waals surface area contributed by atoms with Crippen LogP contribution >= 0.6 is 11.6 Å². The van der Waals surface area contributed by atoms with Crippen molar-refractivity contribution >= 4 is 29.0 Å². The van der Waals surface area contributed by atoms with Crippen molar-refractivity contribution in [2.45, 2.75) is 26.8 Å². The monoisotopic (exact) mass is 317 g/mol. The third kappa shape index (κ3) is 5.04. The Kier molecular flexibility index (Phi) is 5.78. The van der Waals surface area contributed by atoms with Crippen LogP contribution < -0.4 is 10.6 Å². The number of hydrogen-bond donors (Lipinski definition) is 2. The van der Waals surface area contributed by atoms with Crippen LogP contribution in [0.25, 0.3) is 0 Å². The number of benzene rings is 1. The Bertz CT molecular complexity index is 626. The summed E-state index contributed by atoms with van der Waals surface area (Å²) in [6, 6.07) is 11.4. The molecule has 0 atom stereocenters. The van der Waals surface area contributed by atoms with Crippen LogP contribution in [-0.2, 0) is 11.3 Å². The summed E-state index contributed by atoms with van der Waals surface area (Å²) in [7, 11) is 0. The van der Waals surface area contributed by atoms with E-state index in [1.54, 1.807) is 12.3 Å². The molecule has 0 aliphatic heterocycles. The van der Waals surface area contributed by atoms with Gasteiger partial charge in [0.2, 0.25) is 5.91 Å². The first-order valence-electron chi connectivity index (χ1n) is 7.28. The highest BCUT2D eigenvalue weighted by atomic mass is 35.5. The average molecular weight is 318 g/mol.